The first kappa shape index (κ1) is 10.9. The molecular formula is C13H14O3. The molecule has 1 aromatic rings. The van der Waals surface area contributed by atoms with Crippen LogP contribution in [0.2, 0.25) is 0 Å². The van der Waals surface area contributed by atoms with Crippen LogP contribution in [0.1, 0.15) is 40.1 Å². The fraction of sp³-hybridized carbons (Fsp3) is 0.385. The zero-order chi connectivity index (χ0) is 11.7. The zero-order valence-electron chi connectivity index (χ0n) is 9.34. The highest BCUT2D eigenvalue weighted by atomic mass is 16.4. The van der Waals surface area contributed by atoms with Crippen molar-refractivity contribution in [3.63, 3.8) is 0 Å². The lowest BCUT2D eigenvalue weighted by Crippen LogP contribution is -2.20. The van der Waals surface area contributed by atoms with Crippen LogP contribution in [0.4, 0.5) is 0 Å². The fourth-order valence-corrected chi connectivity index (χ4v) is 2.19. The molecule has 1 aliphatic rings. The molecule has 3 heteroatoms. The lowest BCUT2D eigenvalue weighted by Gasteiger charge is -2.16. The third-order valence-electron chi connectivity index (χ3n) is 3.00. The van der Waals surface area contributed by atoms with E-state index >= 15 is 0 Å². The minimum atomic E-state index is -0.328. The largest absolute Gasteiger partial charge is 0.427 e. The molecule has 1 aliphatic carbocycles. The first-order chi connectivity index (χ1) is 7.65. The Labute approximate surface area is 93.8 Å². The summed E-state index contributed by atoms with van der Waals surface area (Å²) in [7, 11) is 0. The summed E-state index contributed by atoms with van der Waals surface area (Å²) in [5, 5.41) is 0. The Kier molecular flexibility index (Phi) is 2.77. The van der Waals surface area contributed by atoms with Crippen molar-refractivity contribution in [3.05, 3.63) is 45.5 Å². The van der Waals surface area contributed by atoms with Gasteiger partial charge in [-0.15, -0.1) is 6.58 Å². The van der Waals surface area contributed by atoms with Gasteiger partial charge in [0.2, 0.25) is 0 Å². The van der Waals surface area contributed by atoms with E-state index in [2.05, 4.69) is 6.58 Å². The monoisotopic (exact) mass is 218 g/mol. The van der Waals surface area contributed by atoms with E-state index in [0.29, 0.717) is 36.1 Å². The van der Waals surface area contributed by atoms with E-state index in [1.54, 1.807) is 6.08 Å². The second-order valence-corrected chi connectivity index (χ2v) is 4.06. The molecule has 84 valence electrons. The van der Waals surface area contributed by atoms with Crippen LogP contribution in [-0.4, -0.2) is 5.78 Å². The first-order valence-electron chi connectivity index (χ1n) is 5.44. The smallest absolute Gasteiger partial charge is 0.339 e. The van der Waals surface area contributed by atoms with Crippen LogP contribution >= 0.6 is 0 Å². The summed E-state index contributed by atoms with van der Waals surface area (Å²) in [6.07, 6.45) is 4.11. The topological polar surface area (TPSA) is 47.3 Å². The van der Waals surface area contributed by atoms with E-state index in [0.717, 1.165) is 12.0 Å². The number of ketones is 1. The van der Waals surface area contributed by atoms with Crippen molar-refractivity contribution in [2.45, 2.75) is 32.6 Å². The molecule has 0 bridgehead atoms. The van der Waals surface area contributed by atoms with E-state index in [4.69, 9.17) is 4.42 Å². The van der Waals surface area contributed by atoms with Crippen molar-refractivity contribution in [2.75, 3.05) is 0 Å². The molecule has 1 aromatic heterocycles. The summed E-state index contributed by atoms with van der Waals surface area (Å²) in [6, 6.07) is 0. The standard InChI is InChI=1S/C13H14O3/c1-3-5-9-8(2)12-10(14)6-4-7-11(12)16-13(9)15/h3H,1,4-7H2,2H3. The summed E-state index contributed by atoms with van der Waals surface area (Å²) >= 11 is 0. The quantitative estimate of drug-likeness (QED) is 0.715. The maximum absolute atomic E-state index is 11.8. The highest BCUT2D eigenvalue weighted by Gasteiger charge is 2.24. The number of Topliss-reactive ketones (excluding diaryl/α,β-unsaturated/α-hetero) is 1. The van der Waals surface area contributed by atoms with E-state index < -0.39 is 0 Å². The summed E-state index contributed by atoms with van der Waals surface area (Å²) in [6.45, 7) is 5.42. The summed E-state index contributed by atoms with van der Waals surface area (Å²) in [4.78, 5) is 23.5. The van der Waals surface area contributed by atoms with Crippen LogP contribution in [0.25, 0.3) is 0 Å². The predicted molar refractivity (Wildman–Crippen MR) is 60.9 cm³/mol. The zero-order valence-corrected chi connectivity index (χ0v) is 9.34. The Morgan fingerprint density at radius 1 is 1.38 bits per heavy atom. The summed E-state index contributed by atoms with van der Waals surface area (Å²) < 4.78 is 5.21. The van der Waals surface area contributed by atoms with E-state index in [9.17, 15) is 9.59 Å². The van der Waals surface area contributed by atoms with Gasteiger partial charge < -0.3 is 4.42 Å². The Morgan fingerprint density at radius 2 is 2.12 bits per heavy atom. The molecule has 0 fully saturated rings. The molecule has 0 saturated heterocycles. The van der Waals surface area contributed by atoms with E-state index in [1.807, 2.05) is 6.92 Å². The van der Waals surface area contributed by atoms with Crippen LogP contribution in [0.15, 0.2) is 21.9 Å². The van der Waals surface area contributed by atoms with Gasteiger partial charge in [0.15, 0.2) is 5.78 Å². The lowest BCUT2D eigenvalue weighted by molar-refractivity contribution is 0.0965. The Hall–Kier alpha value is -1.64. The number of hydrogen-bond donors (Lipinski definition) is 0. The van der Waals surface area contributed by atoms with Gasteiger partial charge in [-0.1, -0.05) is 6.08 Å². The molecule has 16 heavy (non-hydrogen) atoms. The van der Waals surface area contributed by atoms with Crippen molar-refractivity contribution >= 4 is 5.78 Å². The Bertz CT molecular complexity index is 509. The average molecular weight is 218 g/mol. The van der Waals surface area contributed by atoms with Crippen molar-refractivity contribution in [1.82, 2.24) is 0 Å². The molecule has 3 nitrogen and oxygen atoms in total. The molecule has 0 saturated carbocycles. The normalized spacial score (nSPS) is 14.7. The van der Waals surface area contributed by atoms with Gasteiger partial charge in [0.05, 0.1) is 5.56 Å². The Balaban J connectivity index is 2.68. The van der Waals surface area contributed by atoms with Gasteiger partial charge >= 0.3 is 5.63 Å². The maximum Gasteiger partial charge on any atom is 0.339 e. The molecular weight excluding hydrogens is 204 g/mol. The molecule has 0 N–H and O–H groups in total. The highest BCUT2D eigenvalue weighted by Crippen LogP contribution is 2.24. The number of allylic oxidation sites excluding steroid dienone is 1. The third-order valence-corrected chi connectivity index (χ3v) is 3.00. The Morgan fingerprint density at radius 3 is 2.81 bits per heavy atom. The van der Waals surface area contributed by atoms with Gasteiger partial charge in [0.25, 0.3) is 0 Å². The van der Waals surface area contributed by atoms with E-state index in [-0.39, 0.29) is 11.4 Å². The van der Waals surface area contributed by atoms with Crippen LogP contribution in [0.3, 0.4) is 0 Å². The maximum atomic E-state index is 11.8. The molecule has 1 heterocycles. The van der Waals surface area contributed by atoms with Gasteiger partial charge in [-0.05, 0) is 25.3 Å². The second kappa shape index (κ2) is 4.08. The van der Waals surface area contributed by atoms with Gasteiger partial charge in [-0.2, -0.15) is 0 Å². The summed E-state index contributed by atoms with van der Waals surface area (Å²) in [5.74, 6) is 0.652. The molecule has 0 radical (unpaired) electrons. The predicted octanol–water partition coefficient (Wildman–Crippen LogP) is 2.20. The minimum absolute atomic E-state index is 0.0906. The van der Waals surface area contributed by atoms with Crippen molar-refractivity contribution < 1.29 is 9.21 Å². The second-order valence-electron chi connectivity index (χ2n) is 4.06. The van der Waals surface area contributed by atoms with Gasteiger partial charge in [-0.3, -0.25) is 4.79 Å². The van der Waals surface area contributed by atoms with Crippen LogP contribution in [-0.2, 0) is 12.8 Å². The molecule has 0 unspecified atom stereocenters. The number of carbonyl (C=O) groups is 1. The van der Waals surface area contributed by atoms with Crippen LogP contribution in [0, 0.1) is 6.92 Å². The van der Waals surface area contributed by atoms with Crippen LogP contribution in [0.5, 0.6) is 0 Å². The molecule has 0 atom stereocenters. The van der Waals surface area contributed by atoms with E-state index in [1.165, 1.54) is 0 Å². The van der Waals surface area contributed by atoms with Gasteiger partial charge in [0, 0.05) is 18.4 Å². The van der Waals surface area contributed by atoms with Crippen molar-refractivity contribution in [1.29, 1.82) is 0 Å². The number of rotatable bonds is 2. The first-order valence-corrected chi connectivity index (χ1v) is 5.44. The highest BCUT2D eigenvalue weighted by molar-refractivity contribution is 5.99. The minimum Gasteiger partial charge on any atom is -0.427 e. The molecule has 0 amide bonds. The SMILES string of the molecule is C=CCc1c(C)c2c(oc1=O)CCCC2=O. The van der Waals surface area contributed by atoms with Crippen LogP contribution < -0.4 is 5.63 Å². The third kappa shape index (κ3) is 1.62. The van der Waals surface area contributed by atoms with Crippen molar-refractivity contribution in [3.8, 4) is 0 Å². The van der Waals surface area contributed by atoms with Gasteiger partial charge in [-0.25, -0.2) is 4.79 Å². The average Bonchev–Trinajstić information content (AvgIpc) is 2.24. The number of aryl methyl sites for hydroxylation is 1. The number of hydrogen-bond acceptors (Lipinski definition) is 3. The summed E-state index contributed by atoms with van der Waals surface area (Å²) in [5.41, 5.74) is 1.63. The number of fused-ring (bicyclic) bond motifs is 1. The number of carbonyl (C=O) groups excluding carboxylic acids is 1. The van der Waals surface area contributed by atoms with Crippen molar-refractivity contribution in [2.24, 2.45) is 0 Å². The lowest BCUT2D eigenvalue weighted by atomic mass is 9.90. The van der Waals surface area contributed by atoms with Gasteiger partial charge in [0.1, 0.15) is 5.76 Å². The fourth-order valence-electron chi connectivity index (χ4n) is 2.19. The molecule has 0 spiro atoms. The molecule has 0 aromatic carbocycles. The molecule has 0 aliphatic heterocycles. The molecule has 2 rings (SSSR count).